The number of benzene rings is 2. The van der Waals surface area contributed by atoms with Crippen LogP contribution in [0.2, 0.25) is 0 Å². The van der Waals surface area contributed by atoms with Crippen molar-refractivity contribution in [1.82, 2.24) is 0 Å². The van der Waals surface area contributed by atoms with Gasteiger partial charge in [0.1, 0.15) is 17.1 Å². The normalized spacial score (nSPS) is 17.6. The van der Waals surface area contributed by atoms with Crippen molar-refractivity contribution >= 4 is 23.4 Å². The van der Waals surface area contributed by atoms with Crippen molar-refractivity contribution in [2.24, 2.45) is 0 Å². The number of hydrogen-bond acceptors (Lipinski definition) is 5. The Morgan fingerprint density at radius 1 is 1.32 bits per heavy atom. The third-order valence-corrected chi connectivity index (χ3v) is 4.88. The van der Waals surface area contributed by atoms with Crippen molar-refractivity contribution in [1.29, 1.82) is 0 Å². The first-order chi connectivity index (χ1) is 13.2. The molecule has 0 fully saturated rings. The van der Waals surface area contributed by atoms with Crippen LogP contribution in [0.25, 0.3) is 0 Å². The van der Waals surface area contributed by atoms with Crippen LogP contribution in [-0.4, -0.2) is 29.0 Å². The summed E-state index contributed by atoms with van der Waals surface area (Å²) in [6.07, 6.45) is -0.340. The number of carbonyl (C=O) groups excluding carboxylic acids is 1. The van der Waals surface area contributed by atoms with Crippen molar-refractivity contribution in [3.05, 3.63) is 48.0 Å². The minimum Gasteiger partial charge on any atom is -0.487 e. The Kier molecular flexibility index (Phi) is 6.10. The number of fused-ring (bicyclic) bond motifs is 1. The molecule has 1 amide bonds. The quantitative estimate of drug-likeness (QED) is 0.682. The zero-order valence-electron chi connectivity index (χ0n) is 15.4. The third kappa shape index (κ3) is 5.14. The van der Waals surface area contributed by atoms with E-state index in [2.05, 4.69) is 5.32 Å². The maximum Gasteiger partial charge on any atom is 0.288 e. The first kappa shape index (κ1) is 20.4. The largest absolute Gasteiger partial charge is 0.487 e. The van der Waals surface area contributed by atoms with Gasteiger partial charge in [0, 0.05) is 17.0 Å². The van der Waals surface area contributed by atoms with Gasteiger partial charge in [-0.1, -0.05) is 17.8 Å². The van der Waals surface area contributed by atoms with Gasteiger partial charge in [0.25, 0.3) is 11.7 Å². The molecule has 0 radical (unpaired) electrons. The van der Waals surface area contributed by atoms with E-state index in [0.717, 1.165) is 0 Å². The van der Waals surface area contributed by atoms with E-state index >= 15 is 0 Å². The van der Waals surface area contributed by atoms with Crippen molar-refractivity contribution < 1.29 is 28.2 Å². The second-order valence-corrected chi connectivity index (χ2v) is 8.05. The maximum atomic E-state index is 12.3. The van der Waals surface area contributed by atoms with E-state index in [4.69, 9.17) is 9.47 Å². The van der Waals surface area contributed by atoms with E-state index in [1.54, 1.807) is 30.3 Å². The summed E-state index contributed by atoms with van der Waals surface area (Å²) in [5.41, 5.74) is 0.521. The number of thioether (sulfide) groups is 1. The maximum absolute atomic E-state index is 12.3. The molecule has 3 rings (SSSR count). The number of ether oxygens (including phenoxy) is 2. The number of rotatable bonds is 6. The fourth-order valence-corrected chi connectivity index (χ4v) is 3.53. The lowest BCUT2D eigenvalue weighted by atomic mass is 9.91. The summed E-state index contributed by atoms with van der Waals surface area (Å²) in [6, 6.07) is 11.3. The second-order valence-electron chi connectivity index (χ2n) is 6.99. The lowest BCUT2D eigenvalue weighted by molar-refractivity contribution is -0.118. The van der Waals surface area contributed by atoms with Gasteiger partial charge in [0.05, 0.1) is 11.7 Å². The molecule has 8 heteroatoms. The minimum absolute atomic E-state index is 0.264. The lowest BCUT2D eigenvalue weighted by Crippen LogP contribution is -2.35. The molecule has 1 heterocycles. The highest BCUT2D eigenvalue weighted by Gasteiger charge is 2.34. The first-order valence-corrected chi connectivity index (χ1v) is 9.59. The van der Waals surface area contributed by atoms with Gasteiger partial charge < -0.3 is 19.9 Å². The fourth-order valence-electron chi connectivity index (χ4n) is 3.03. The SMILES string of the molecule is CC1(C)CC(O)c2c(OCC(=O)Nc3ccc(SC(F)F)cc3)cccc2O1. The summed E-state index contributed by atoms with van der Waals surface area (Å²) in [4.78, 5) is 12.6. The van der Waals surface area contributed by atoms with Crippen molar-refractivity contribution in [2.45, 2.75) is 42.6 Å². The third-order valence-electron chi connectivity index (χ3n) is 4.15. The van der Waals surface area contributed by atoms with E-state index in [1.165, 1.54) is 12.1 Å². The number of aliphatic hydroxyl groups is 1. The lowest BCUT2D eigenvalue weighted by Gasteiger charge is -2.36. The van der Waals surface area contributed by atoms with E-state index in [-0.39, 0.29) is 6.61 Å². The van der Waals surface area contributed by atoms with Gasteiger partial charge in [0.15, 0.2) is 6.61 Å². The molecule has 28 heavy (non-hydrogen) atoms. The Bertz CT molecular complexity index is 843. The summed E-state index contributed by atoms with van der Waals surface area (Å²) in [7, 11) is 0. The molecule has 0 saturated heterocycles. The summed E-state index contributed by atoms with van der Waals surface area (Å²) < 4.78 is 36.1. The highest BCUT2D eigenvalue weighted by molar-refractivity contribution is 7.99. The van der Waals surface area contributed by atoms with E-state index < -0.39 is 23.4 Å². The molecule has 1 unspecified atom stereocenters. The van der Waals surface area contributed by atoms with Crippen LogP contribution in [0.1, 0.15) is 31.9 Å². The number of halogens is 2. The van der Waals surface area contributed by atoms with Gasteiger partial charge in [-0.05, 0) is 50.2 Å². The molecule has 0 bridgehead atoms. The summed E-state index contributed by atoms with van der Waals surface area (Å²) >= 11 is 0.440. The monoisotopic (exact) mass is 409 g/mol. The standard InChI is InChI=1S/C20H21F2NO4S/c1-20(2)10-14(24)18-15(4-3-5-16(18)27-20)26-11-17(25)23-12-6-8-13(9-7-12)28-19(21)22/h3-9,14,19,24H,10-11H2,1-2H3,(H,23,25). The smallest absolute Gasteiger partial charge is 0.288 e. The van der Waals surface area contributed by atoms with Crippen molar-refractivity contribution in [3.63, 3.8) is 0 Å². The number of anilines is 1. The zero-order valence-corrected chi connectivity index (χ0v) is 16.3. The van der Waals surface area contributed by atoms with Gasteiger partial charge in [-0.15, -0.1) is 0 Å². The van der Waals surface area contributed by atoms with Gasteiger partial charge in [0.2, 0.25) is 0 Å². The van der Waals surface area contributed by atoms with Crippen LogP contribution < -0.4 is 14.8 Å². The van der Waals surface area contributed by atoms with E-state index in [9.17, 15) is 18.7 Å². The molecule has 0 aromatic heterocycles. The van der Waals surface area contributed by atoms with Crippen LogP contribution in [-0.2, 0) is 4.79 Å². The molecule has 2 aromatic carbocycles. The topological polar surface area (TPSA) is 67.8 Å². The first-order valence-electron chi connectivity index (χ1n) is 8.71. The Labute approximate surface area is 166 Å². The van der Waals surface area contributed by atoms with Gasteiger partial charge >= 0.3 is 0 Å². The molecule has 1 aliphatic rings. The second kappa shape index (κ2) is 8.36. The molecule has 2 aromatic rings. The van der Waals surface area contributed by atoms with Crippen LogP contribution in [0.3, 0.4) is 0 Å². The van der Waals surface area contributed by atoms with Gasteiger partial charge in [-0.25, -0.2) is 0 Å². The Hall–Kier alpha value is -2.32. The molecule has 5 nitrogen and oxygen atoms in total. The predicted molar refractivity (Wildman–Crippen MR) is 103 cm³/mol. The Balaban J connectivity index is 1.61. The van der Waals surface area contributed by atoms with E-state index in [0.29, 0.717) is 45.8 Å². The molecule has 150 valence electrons. The fraction of sp³-hybridized carbons (Fsp3) is 0.350. The van der Waals surface area contributed by atoms with Crippen LogP contribution in [0.5, 0.6) is 11.5 Å². The van der Waals surface area contributed by atoms with Crippen LogP contribution >= 0.6 is 11.8 Å². The van der Waals surface area contributed by atoms with Gasteiger partial charge in [-0.2, -0.15) is 8.78 Å². The number of aliphatic hydroxyl groups excluding tert-OH is 1. The average molecular weight is 409 g/mol. The highest BCUT2D eigenvalue weighted by Crippen LogP contribution is 2.44. The van der Waals surface area contributed by atoms with Crippen LogP contribution in [0.4, 0.5) is 14.5 Å². The number of hydrogen-bond donors (Lipinski definition) is 2. The number of carbonyl (C=O) groups is 1. The molecule has 1 atom stereocenters. The number of alkyl halides is 2. The zero-order chi connectivity index (χ0) is 20.3. The molecule has 0 aliphatic carbocycles. The van der Waals surface area contributed by atoms with E-state index in [1.807, 2.05) is 13.8 Å². The van der Waals surface area contributed by atoms with Crippen LogP contribution in [0, 0.1) is 0 Å². The minimum atomic E-state index is -2.49. The van der Waals surface area contributed by atoms with Gasteiger partial charge in [-0.3, -0.25) is 4.79 Å². The highest BCUT2D eigenvalue weighted by atomic mass is 32.2. The summed E-state index contributed by atoms with van der Waals surface area (Å²) in [5.74, 6) is -1.97. The number of nitrogens with one attached hydrogen (secondary N) is 1. The summed E-state index contributed by atoms with van der Waals surface area (Å²) in [5, 5.41) is 13.1. The Morgan fingerprint density at radius 2 is 2.04 bits per heavy atom. The molecule has 0 spiro atoms. The van der Waals surface area contributed by atoms with Crippen molar-refractivity contribution in [2.75, 3.05) is 11.9 Å². The predicted octanol–water partition coefficient (Wildman–Crippen LogP) is 4.61. The molecular weight excluding hydrogens is 388 g/mol. The number of amides is 1. The van der Waals surface area contributed by atoms with Crippen LogP contribution in [0.15, 0.2) is 47.4 Å². The van der Waals surface area contributed by atoms with Crippen molar-refractivity contribution in [3.8, 4) is 11.5 Å². The molecule has 2 N–H and O–H groups in total. The molecule has 1 aliphatic heterocycles. The molecule has 0 saturated carbocycles. The average Bonchev–Trinajstić information content (AvgIpc) is 2.60. The summed E-state index contributed by atoms with van der Waals surface area (Å²) in [6.45, 7) is 3.52. The molecular formula is C20H21F2NO4S. The Morgan fingerprint density at radius 3 is 2.71 bits per heavy atom.